The van der Waals surface area contributed by atoms with E-state index in [2.05, 4.69) is 93.0 Å². The molecule has 0 aliphatic carbocycles. The zero-order valence-corrected chi connectivity index (χ0v) is 45.6. The van der Waals surface area contributed by atoms with Crippen LogP contribution in [0.3, 0.4) is 0 Å². The molecule has 0 saturated carbocycles. The van der Waals surface area contributed by atoms with Crippen molar-refractivity contribution in [2.75, 3.05) is 90.3 Å². The van der Waals surface area contributed by atoms with Gasteiger partial charge in [-0.25, -0.2) is 0 Å². The first-order valence-electron chi connectivity index (χ1n) is 26.7. The van der Waals surface area contributed by atoms with Gasteiger partial charge in [0.05, 0.1) is 68.4 Å². The fraction of sp³-hybridized carbons (Fsp3) is 0.517. The van der Waals surface area contributed by atoms with E-state index in [1.165, 1.54) is 23.7 Å². The maximum absolute atomic E-state index is 13.6. The number of aliphatic imine (C=N–C) groups is 2. The number of carboxylic acids is 3. The summed E-state index contributed by atoms with van der Waals surface area (Å²) in [5.41, 5.74) is 11.1. The minimum Gasteiger partial charge on any atom is -0.550 e. The number of rotatable bonds is 30. The van der Waals surface area contributed by atoms with Crippen LogP contribution in [0, 0.1) is 23.7 Å². The molecule has 0 unspecified atom stereocenters. The molecule has 4 N–H and O–H groups in total. The summed E-state index contributed by atoms with van der Waals surface area (Å²) < 4.78 is 0.426. The van der Waals surface area contributed by atoms with Crippen molar-refractivity contribution < 1.29 is 58.2 Å². The van der Waals surface area contributed by atoms with Crippen molar-refractivity contribution in [3.8, 4) is 0 Å². The van der Waals surface area contributed by atoms with Gasteiger partial charge in [-0.3, -0.25) is 43.5 Å². The number of hydrogen-bond acceptors (Lipinski definition) is 14. The Morgan fingerprint density at radius 3 is 1.96 bits per heavy atom. The number of amides is 2. The summed E-state index contributed by atoms with van der Waals surface area (Å²) in [5, 5.41) is 35.1. The lowest BCUT2D eigenvalue weighted by Crippen LogP contribution is -2.48. The topological polar surface area (TPSA) is 259 Å². The van der Waals surface area contributed by atoms with E-state index in [0.29, 0.717) is 17.6 Å². The van der Waals surface area contributed by atoms with E-state index in [9.17, 15) is 53.7 Å². The Morgan fingerprint density at radius 2 is 1.34 bits per heavy atom. The number of carbonyl (C=O) groups excluding carboxylic acids is 6. The van der Waals surface area contributed by atoms with Gasteiger partial charge in [-0.15, -0.1) is 0 Å². The Hall–Kier alpha value is -7.12. The standard InChI is InChI=1S/C58H76N8O11/c1-36(2)56(62-58(77)40(13-19-53(70)71)32-51(68)37(3)27-54(72)73)52(69)33-43(34-55(74)75)57(76)59-20-8-9-46(67)35-66(6,7)26-25-64(5)44-14-10-38(11-15-44)49-30-41-28-39(12-17-47(41)60-49)50-31-42-29-45(16-18-48(42)61-50)65-23-21-63(4)22-24-65/h10-12,14-18,28-29,36-37,40,43,56H,8-9,13,19-27,30-35H2,1-7H3,(H4-,59,62,70,71,72,73,74,75,76,77)/t37-,40+,43-,56-/m0/s1. The highest BCUT2D eigenvalue weighted by Gasteiger charge is 2.34. The Morgan fingerprint density at radius 1 is 0.727 bits per heavy atom. The van der Waals surface area contributed by atoms with Crippen LogP contribution in [0.15, 0.2) is 70.6 Å². The van der Waals surface area contributed by atoms with Crippen LogP contribution in [-0.4, -0.2) is 165 Å². The lowest BCUT2D eigenvalue weighted by molar-refractivity contribution is -0.880. The number of carboxylic acid groups (broad SMARTS) is 3. The second-order valence-corrected chi connectivity index (χ2v) is 22.1. The van der Waals surface area contributed by atoms with Gasteiger partial charge in [0.2, 0.25) is 11.8 Å². The zero-order valence-electron chi connectivity index (χ0n) is 45.6. The van der Waals surface area contributed by atoms with Crippen molar-refractivity contribution in [2.45, 2.75) is 91.0 Å². The largest absolute Gasteiger partial charge is 0.550 e. The van der Waals surface area contributed by atoms with Crippen molar-refractivity contribution in [2.24, 2.45) is 33.7 Å². The highest BCUT2D eigenvalue weighted by molar-refractivity contribution is 6.10. The second kappa shape index (κ2) is 26.8. The SMILES string of the molecule is CC(C)[C@H](NC(=O)[C@H](CCC(=O)O)CC(=O)[C@@H](C)CC(=O)[O-])C(=O)C[C@@H](CC(=O)O)C(=O)NCCCC(=O)C[N+](C)(C)CCN(C)c1ccc(C2=Nc3ccc(C4=Nc5ccc(N6CCN(C)CC6)cc5C4)cc3C2)cc1. The predicted molar refractivity (Wildman–Crippen MR) is 292 cm³/mol. The van der Waals surface area contributed by atoms with E-state index in [1.54, 1.807) is 13.8 Å². The molecule has 414 valence electrons. The monoisotopic (exact) mass is 1060 g/mol. The predicted octanol–water partition coefficient (Wildman–Crippen LogP) is 4.18. The summed E-state index contributed by atoms with van der Waals surface area (Å²) in [6.45, 7) is 10.5. The molecule has 4 atom stereocenters. The average Bonchev–Trinajstić information content (AvgIpc) is 4.03. The van der Waals surface area contributed by atoms with E-state index >= 15 is 0 Å². The van der Waals surface area contributed by atoms with Gasteiger partial charge >= 0.3 is 11.9 Å². The Balaban J connectivity index is 0.923. The third-order valence-electron chi connectivity index (χ3n) is 14.9. The molecule has 0 radical (unpaired) electrons. The number of benzene rings is 3. The Bertz CT molecular complexity index is 2740. The third kappa shape index (κ3) is 17.2. The van der Waals surface area contributed by atoms with Crippen LogP contribution in [0.4, 0.5) is 22.7 Å². The van der Waals surface area contributed by atoms with Crippen LogP contribution < -0.4 is 25.5 Å². The van der Waals surface area contributed by atoms with Crippen molar-refractivity contribution in [3.05, 3.63) is 82.9 Å². The summed E-state index contributed by atoms with van der Waals surface area (Å²) in [6.07, 6.45) is -1.00. The molecule has 0 aromatic heterocycles. The number of ketones is 3. The summed E-state index contributed by atoms with van der Waals surface area (Å²) in [5.74, 6) is -10.8. The first-order valence-corrected chi connectivity index (χ1v) is 26.7. The van der Waals surface area contributed by atoms with E-state index in [4.69, 9.17) is 9.98 Å². The highest BCUT2D eigenvalue weighted by Crippen LogP contribution is 2.36. The van der Waals surface area contributed by atoms with Crippen LogP contribution >= 0.6 is 0 Å². The van der Waals surface area contributed by atoms with Gasteiger partial charge in [-0.05, 0) is 96.9 Å². The first-order chi connectivity index (χ1) is 36.4. The number of likely N-dealkylation sites (N-methyl/N-ethyl adjacent to an activating group) is 3. The highest BCUT2D eigenvalue weighted by atomic mass is 16.4. The number of nitrogens with one attached hydrogen (secondary N) is 2. The Kier molecular flexibility index (Phi) is 20.6. The molecule has 6 rings (SSSR count). The van der Waals surface area contributed by atoms with Gasteiger partial charge in [0.15, 0.2) is 11.6 Å². The molecule has 1 fully saturated rings. The molecule has 0 spiro atoms. The molecule has 19 nitrogen and oxygen atoms in total. The molecule has 0 bridgehead atoms. The molecule has 3 aliphatic rings. The number of aliphatic carboxylic acids is 3. The molecule has 3 heterocycles. The van der Waals surface area contributed by atoms with E-state index in [1.807, 2.05) is 21.1 Å². The molecule has 2 amide bonds. The molecule has 19 heteroatoms. The lowest BCUT2D eigenvalue weighted by atomic mass is 9.87. The second-order valence-electron chi connectivity index (χ2n) is 22.1. The van der Waals surface area contributed by atoms with Crippen molar-refractivity contribution >= 4 is 81.2 Å². The molecular formula is C58H76N8O11. The minimum absolute atomic E-state index is 0.0113. The molecular weight excluding hydrogens is 985 g/mol. The van der Waals surface area contributed by atoms with Gasteiger partial charge in [0.1, 0.15) is 12.3 Å². The maximum Gasteiger partial charge on any atom is 0.304 e. The van der Waals surface area contributed by atoms with Crippen molar-refractivity contribution in [1.29, 1.82) is 0 Å². The zero-order chi connectivity index (χ0) is 56.1. The van der Waals surface area contributed by atoms with Crippen LogP contribution in [0.25, 0.3) is 0 Å². The van der Waals surface area contributed by atoms with Gasteiger partial charge in [0.25, 0.3) is 0 Å². The molecule has 3 aromatic carbocycles. The number of hydrogen-bond donors (Lipinski definition) is 4. The lowest BCUT2D eigenvalue weighted by Gasteiger charge is -2.34. The average molecular weight is 1060 g/mol. The summed E-state index contributed by atoms with van der Waals surface area (Å²) >= 11 is 0. The fourth-order valence-corrected chi connectivity index (χ4v) is 10.1. The normalized spacial score (nSPS) is 15.8. The third-order valence-corrected chi connectivity index (χ3v) is 14.9. The smallest absolute Gasteiger partial charge is 0.304 e. The maximum atomic E-state index is 13.6. The van der Waals surface area contributed by atoms with Crippen LogP contribution in [-0.2, 0) is 51.2 Å². The number of quaternary nitrogens is 1. The quantitative estimate of drug-likeness (QED) is 0.0540. The summed E-state index contributed by atoms with van der Waals surface area (Å²) in [7, 11) is 8.16. The summed E-state index contributed by atoms with van der Waals surface area (Å²) in [6, 6.07) is 20.3. The molecule has 77 heavy (non-hydrogen) atoms. The minimum atomic E-state index is -1.46. The number of anilines is 2. The molecule has 1 saturated heterocycles. The molecule has 3 aliphatic heterocycles. The van der Waals surface area contributed by atoms with E-state index < -0.39 is 103 Å². The van der Waals surface area contributed by atoms with Crippen molar-refractivity contribution in [3.63, 3.8) is 0 Å². The van der Waals surface area contributed by atoms with E-state index in [-0.39, 0.29) is 38.1 Å². The van der Waals surface area contributed by atoms with Gasteiger partial charge in [-0.1, -0.05) is 39.0 Å². The Labute approximate surface area is 451 Å². The van der Waals surface area contributed by atoms with Crippen molar-refractivity contribution in [1.82, 2.24) is 15.5 Å². The van der Waals surface area contributed by atoms with Crippen LogP contribution in [0.1, 0.15) is 94.4 Å². The number of carbonyl (C=O) groups is 8. The molecule has 3 aromatic rings. The van der Waals surface area contributed by atoms with E-state index in [0.717, 1.165) is 78.6 Å². The fourth-order valence-electron chi connectivity index (χ4n) is 10.1. The number of nitrogens with zero attached hydrogens (tertiary/aromatic N) is 6. The number of Topliss-reactive ketones (excluding diaryl/α,β-unsaturated/α-hetero) is 3. The first kappa shape index (κ1) is 59.1. The van der Waals surface area contributed by atoms with Gasteiger partial charge in [0, 0.05) is 107 Å². The van der Waals surface area contributed by atoms with Gasteiger partial charge in [-0.2, -0.15) is 0 Å². The van der Waals surface area contributed by atoms with Crippen LogP contribution in [0.5, 0.6) is 0 Å². The summed E-state index contributed by atoms with van der Waals surface area (Å²) in [4.78, 5) is 117. The number of fused-ring (bicyclic) bond motifs is 2. The van der Waals surface area contributed by atoms with Gasteiger partial charge < -0.3 is 49.9 Å². The van der Waals surface area contributed by atoms with Crippen LogP contribution in [0.2, 0.25) is 0 Å². The number of piperazine rings is 1.